The van der Waals surface area contributed by atoms with Gasteiger partial charge in [0.1, 0.15) is 4.88 Å². The van der Waals surface area contributed by atoms with Gasteiger partial charge >= 0.3 is 0 Å². The van der Waals surface area contributed by atoms with Gasteiger partial charge in [0.2, 0.25) is 0 Å². The Morgan fingerprint density at radius 2 is 2.21 bits per heavy atom. The molecule has 7 nitrogen and oxygen atoms in total. The summed E-state index contributed by atoms with van der Waals surface area (Å²) in [5.74, 6) is 0.0939. The lowest BCUT2D eigenvalue weighted by Crippen LogP contribution is -2.43. The molecule has 0 saturated carbocycles. The summed E-state index contributed by atoms with van der Waals surface area (Å²) in [6.45, 7) is 4.88. The van der Waals surface area contributed by atoms with Crippen molar-refractivity contribution in [3.05, 3.63) is 51.1 Å². The number of nitro groups is 1. The van der Waals surface area contributed by atoms with Gasteiger partial charge in [-0.1, -0.05) is 30.4 Å². The minimum Gasteiger partial charge on any atom is -0.335 e. The molecule has 4 rings (SSSR count). The molecule has 1 unspecified atom stereocenters. The fraction of sp³-hybridized carbons (Fsp3) is 0.400. The molecule has 1 amide bonds. The molecule has 1 atom stereocenters. The summed E-state index contributed by atoms with van der Waals surface area (Å²) in [5, 5.41) is 11.0. The molecular weight excluding hydrogens is 376 g/mol. The molecule has 1 aliphatic heterocycles. The first-order chi connectivity index (χ1) is 13.5. The van der Waals surface area contributed by atoms with Crippen molar-refractivity contribution in [3.63, 3.8) is 0 Å². The van der Waals surface area contributed by atoms with E-state index in [1.807, 2.05) is 22.4 Å². The van der Waals surface area contributed by atoms with Gasteiger partial charge in [0.05, 0.1) is 10.6 Å². The molecule has 0 bridgehead atoms. The zero-order valence-electron chi connectivity index (χ0n) is 15.9. The van der Waals surface area contributed by atoms with Crippen molar-refractivity contribution in [2.24, 2.45) is 0 Å². The average Bonchev–Trinajstić information content (AvgIpc) is 3.27. The third-order valence-electron chi connectivity index (χ3n) is 5.46. The lowest BCUT2D eigenvalue weighted by molar-refractivity contribution is -0.384. The standard InChI is InChI=1S/C20H22N4O3S/c1-3-15-8-4-5-10-22(15)19(25)18-13(2)23-12-17(21-20(23)28-18)14-7-6-9-16(11-14)24(26)27/h6-7,9,11-12,15H,3-5,8,10H2,1-2H3. The van der Waals surface area contributed by atoms with Gasteiger partial charge in [0.25, 0.3) is 11.6 Å². The molecule has 0 spiro atoms. The molecule has 1 saturated heterocycles. The molecule has 2 aromatic heterocycles. The fourth-order valence-corrected chi connectivity index (χ4v) is 4.95. The third-order valence-corrected chi connectivity index (χ3v) is 6.61. The molecule has 1 aromatic carbocycles. The van der Waals surface area contributed by atoms with E-state index in [4.69, 9.17) is 0 Å². The van der Waals surface area contributed by atoms with Crippen LogP contribution in [0, 0.1) is 17.0 Å². The van der Waals surface area contributed by atoms with Gasteiger partial charge in [-0.2, -0.15) is 0 Å². The number of hydrogen-bond donors (Lipinski definition) is 0. The summed E-state index contributed by atoms with van der Waals surface area (Å²) in [6, 6.07) is 6.76. The second-order valence-corrected chi connectivity index (χ2v) is 8.14. The Hall–Kier alpha value is -2.74. The van der Waals surface area contributed by atoms with Crippen molar-refractivity contribution < 1.29 is 9.72 Å². The second kappa shape index (κ2) is 7.35. The highest BCUT2D eigenvalue weighted by Crippen LogP contribution is 2.31. The zero-order chi connectivity index (χ0) is 19.8. The SMILES string of the molecule is CCC1CCCCN1C(=O)c1sc2nc(-c3cccc([N+](=O)[O-])c3)cn2c1C. The number of carbonyl (C=O) groups excluding carboxylic acids is 1. The quantitative estimate of drug-likeness (QED) is 0.472. The molecule has 0 radical (unpaired) electrons. The van der Waals surface area contributed by atoms with Crippen molar-refractivity contribution in [3.8, 4) is 11.3 Å². The number of hydrogen-bond acceptors (Lipinski definition) is 5. The van der Waals surface area contributed by atoms with Gasteiger partial charge in [-0.15, -0.1) is 0 Å². The summed E-state index contributed by atoms with van der Waals surface area (Å²) in [7, 11) is 0. The van der Waals surface area contributed by atoms with Crippen LogP contribution in [-0.4, -0.2) is 37.7 Å². The summed E-state index contributed by atoms with van der Waals surface area (Å²) in [6.07, 6.45) is 6.14. The monoisotopic (exact) mass is 398 g/mol. The van der Waals surface area contributed by atoms with E-state index in [0.717, 1.165) is 41.3 Å². The van der Waals surface area contributed by atoms with Crippen LogP contribution in [-0.2, 0) is 0 Å². The maximum atomic E-state index is 13.2. The van der Waals surface area contributed by atoms with Crippen LogP contribution in [0.1, 0.15) is 48.0 Å². The number of aryl methyl sites for hydroxylation is 1. The van der Waals surface area contributed by atoms with Crippen LogP contribution in [0.25, 0.3) is 16.2 Å². The minimum atomic E-state index is -0.410. The molecule has 146 valence electrons. The summed E-state index contributed by atoms with van der Waals surface area (Å²) < 4.78 is 1.91. The number of likely N-dealkylation sites (tertiary alicyclic amines) is 1. The van der Waals surface area contributed by atoms with Crippen molar-refractivity contribution >= 4 is 27.9 Å². The molecule has 1 aliphatic rings. The summed E-state index contributed by atoms with van der Waals surface area (Å²) >= 11 is 1.39. The van der Waals surface area contributed by atoms with Crippen LogP contribution < -0.4 is 0 Å². The predicted octanol–water partition coefficient (Wildman–Crippen LogP) is 4.68. The van der Waals surface area contributed by atoms with Crippen LogP contribution in [0.2, 0.25) is 0 Å². The van der Waals surface area contributed by atoms with Crippen LogP contribution >= 0.6 is 11.3 Å². The topological polar surface area (TPSA) is 80.8 Å². The summed E-state index contributed by atoms with van der Waals surface area (Å²) in [4.78, 5) is 31.9. The molecular formula is C20H22N4O3S. The van der Waals surface area contributed by atoms with E-state index < -0.39 is 4.92 Å². The van der Waals surface area contributed by atoms with E-state index in [1.54, 1.807) is 12.1 Å². The van der Waals surface area contributed by atoms with Crippen LogP contribution in [0.4, 0.5) is 5.69 Å². The van der Waals surface area contributed by atoms with E-state index in [-0.39, 0.29) is 11.6 Å². The van der Waals surface area contributed by atoms with Crippen LogP contribution in [0.3, 0.4) is 0 Å². The zero-order valence-corrected chi connectivity index (χ0v) is 16.7. The van der Waals surface area contributed by atoms with Crippen molar-refractivity contribution in [1.29, 1.82) is 0 Å². The molecule has 8 heteroatoms. The first kappa shape index (κ1) is 18.6. The summed E-state index contributed by atoms with van der Waals surface area (Å²) in [5.41, 5.74) is 2.27. The van der Waals surface area contributed by atoms with Crippen molar-refractivity contribution in [1.82, 2.24) is 14.3 Å². The Kier molecular flexibility index (Phi) is 4.89. The first-order valence-electron chi connectivity index (χ1n) is 9.54. The molecule has 0 aliphatic carbocycles. The Labute approximate surface area is 166 Å². The van der Waals surface area contributed by atoms with Gasteiger partial charge in [-0.25, -0.2) is 4.98 Å². The largest absolute Gasteiger partial charge is 0.335 e. The number of non-ortho nitro benzene ring substituents is 1. The van der Waals surface area contributed by atoms with Gasteiger partial charge in [-0.05, 0) is 32.6 Å². The Bertz CT molecular complexity index is 1060. The highest BCUT2D eigenvalue weighted by atomic mass is 32.1. The van der Waals surface area contributed by atoms with E-state index >= 15 is 0 Å². The number of aromatic nitrogens is 2. The number of amides is 1. The van der Waals surface area contributed by atoms with Gasteiger partial charge in [0, 0.05) is 42.2 Å². The third kappa shape index (κ3) is 3.17. The van der Waals surface area contributed by atoms with Crippen LogP contribution in [0.5, 0.6) is 0 Å². The molecule has 28 heavy (non-hydrogen) atoms. The van der Waals surface area contributed by atoms with Crippen LogP contribution in [0.15, 0.2) is 30.5 Å². The number of fused-ring (bicyclic) bond motifs is 1. The van der Waals surface area contributed by atoms with Gasteiger partial charge < -0.3 is 4.90 Å². The molecule has 1 fully saturated rings. The lowest BCUT2D eigenvalue weighted by Gasteiger charge is -2.35. The number of thiazole rings is 1. The molecule has 3 heterocycles. The normalized spacial score (nSPS) is 17.2. The number of rotatable bonds is 4. The lowest BCUT2D eigenvalue weighted by atomic mass is 10.00. The molecule has 0 N–H and O–H groups in total. The predicted molar refractivity (Wildman–Crippen MR) is 109 cm³/mol. The van der Waals surface area contributed by atoms with E-state index in [9.17, 15) is 14.9 Å². The number of piperidine rings is 1. The Balaban J connectivity index is 1.68. The smallest absolute Gasteiger partial charge is 0.270 e. The van der Waals surface area contributed by atoms with E-state index in [1.165, 1.54) is 29.9 Å². The maximum Gasteiger partial charge on any atom is 0.270 e. The maximum absolute atomic E-state index is 13.2. The number of nitrogens with zero attached hydrogens (tertiary/aromatic N) is 4. The van der Waals surface area contributed by atoms with Gasteiger partial charge in [-0.3, -0.25) is 19.3 Å². The average molecular weight is 398 g/mol. The van der Waals surface area contributed by atoms with Crippen molar-refractivity contribution in [2.75, 3.05) is 6.54 Å². The van der Waals surface area contributed by atoms with Gasteiger partial charge in [0.15, 0.2) is 4.96 Å². The Morgan fingerprint density at radius 3 is 2.93 bits per heavy atom. The highest BCUT2D eigenvalue weighted by Gasteiger charge is 2.29. The van der Waals surface area contributed by atoms with E-state index in [2.05, 4.69) is 11.9 Å². The fourth-order valence-electron chi connectivity index (χ4n) is 3.89. The minimum absolute atomic E-state index is 0.0390. The highest BCUT2D eigenvalue weighted by molar-refractivity contribution is 7.19. The number of benzene rings is 1. The second-order valence-electron chi connectivity index (χ2n) is 7.16. The number of carbonyl (C=O) groups is 1. The first-order valence-corrected chi connectivity index (χ1v) is 10.4. The van der Waals surface area contributed by atoms with Crippen molar-refractivity contribution in [2.45, 2.75) is 45.6 Å². The number of imidazole rings is 1. The molecule has 3 aromatic rings. The van der Waals surface area contributed by atoms with E-state index in [0.29, 0.717) is 17.3 Å². The number of nitro benzene ring substituents is 1. The Morgan fingerprint density at radius 1 is 1.39 bits per heavy atom.